The first kappa shape index (κ1) is 11.7. The minimum atomic E-state index is -1.10. The van der Waals surface area contributed by atoms with Crippen LogP contribution in [0.15, 0.2) is 22.7 Å². The molecule has 1 aromatic carbocycles. The summed E-state index contributed by atoms with van der Waals surface area (Å²) in [5, 5.41) is 12.1. The fourth-order valence-corrected chi connectivity index (χ4v) is 2.99. The quantitative estimate of drug-likeness (QED) is 0.812. The molecule has 1 aliphatic rings. The second kappa shape index (κ2) is 4.35. The molecule has 92 valence electrons. The van der Waals surface area contributed by atoms with Crippen LogP contribution in [0.5, 0.6) is 0 Å². The highest BCUT2D eigenvalue weighted by Gasteiger charge is 2.18. The number of fused-ring (bicyclic) bond motifs is 2. The van der Waals surface area contributed by atoms with Gasteiger partial charge in [-0.05, 0) is 49.4 Å². The third-order valence-electron chi connectivity index (χ3n) is 3.43. The summed E-state index contributed by atoms with van der Waals surface area (Å²) in [4.78, 5) is 16.0. The summed E-state index contributed by atoms with van der Waals surface area (Å²) < 4.78 is 0.857. The number of carboxylic acids is 1. The maximum Gasteiger partial charge on any atom is 0.0725 e. The van der Waals surface area contributed by atoms with E-state index in [1.807, 2.05) is 18.2 Å². The molecule has 0 atom stereocenters. The Morgan fingerprint density at radius 1 is 1.28 bits per heavy atom. The highest BCUT2D eigenvalue weighted by molar-refractivity contribution is 9.10. The number of hydrogen-bond acceptors (Lipinski definition) is 3. The van der Waals surface area contributed by atoms with Gasteiger partial charge >= 0.3 is 0 Å². The fourth-order valence-electron chi connectivity index (χ4n) is 2.63. The Labute approximate surface area is 113 Å². The molecule has 0 spiro atoms. The largest absolute Gasteiger partial charge is 0.545 e. The van der Waals surface area contributed by atoms with Gasteiger partial charge in [0.1, 0.15) is 0 Å². The summed E-state index contributed by atoms with van der Waals surface area (Å²) in [6, 6.07) is 5.53. The number of aromatic nitrogens is 1. The number of rotatable bonds is 1. The Balaban J connectivity index is 2.41. The van der Waals surface area contributed by atoms with Crippen molar-refractivity contribution >= 4 is 32.8 Å². The number of aryl methyl sites for hydroxylation is 1. The van der Waals surface area contributed by atoms with E-state index in [1.165, 1.54) is 0 Å². The van der Waals surface area contributed by atoms with Gasteiger partial charge in [0.25, 0.3) is 0 Å². The van der Waals surface area contributed by atoms with Gasteiger partial charge in [0.05, 0.1) is 11.5 Å². The Hall–Kier alpha value is -1.42. The van der Waals surface area contributed by atoms with Gasteiger partial charge in [-0.3, -0.25) is 4.98 Å². The van der Waals surface area contributed by atoms with Gasteiger partial charge in [0, 0.05) is 21.1 Å². The van der Waals surface area contributed by atoms with Crippen molar-refractivity contribution < 1.29 is 9.90 Å². The molecule has 0 saturated carbocycles. The van der Waals surface area contributed by atoms with Crippen LogP contribution in [0.2, 0.25) is 0 Å². The molecular formula is C14H11BrNO2-. The molecule has 0 amide bonds. The first-order valence-electron chi connectivity index (χ1n) is 5.99. The SMILES string of the molecule is O=C([O-])c1c2c(nc3ccc(Br)cc13)CCCC2. The van der Waals surface area contributed by atoms with Gasteiger partial charge < -0.3 is 9.90 Å². The van der Waals surface area contributed by atoms with E-state index in [-0.39, 0.29) is 0 Å². The smallest absolute Gasteiger partial charge is 0.0725 e. The van der Waals surface area contributed by atoms with E-state index in [9.17, 15) is 9.90 Å². The van der Waals surface area contributed by atoms with E-state index in [0.717, 1.165) is 46.9 Å². The average molecular weight is 305 g/mol. The van der Waals surface area contributed by atoms with Crippen LogP contribution in [-0.4, -0.2) is 11.0 Å². The highest BCUT2D eigenvalue weighted by Crippen LogP contribution is 2.30. The van der Waals surface area contributed by atoms with E-state index in [0.29, 0.717) is 10.9 Å². The minimum Gasteiger partial charge on any atom is -0.545 e. The van der Waals surface area contributed by atoms with Crippen LogP contribution in [0.3, 0.4) is 0 Å². The van der Waals surface area contributed by atoms with Crippen molar-refractivity contribution in [1.82, 2.24) is 4.98 Å². The van der Waals surface area contributed by atoms with Gasteiger partial charge in [-0.2, -0.15) is 0 Å². The average Bonchev–Trinajstić information content (AvgIpc) is 2.35. The molecule has 3 rings (SSSR count). The van der Waals surface area contributed by atoms with Crippen LogP contribution in [0.1, 0.15) is 34.5 Å². The number of carbonyl (C=O) groups excluding carboxylic acids is 1. The molecule has 0 bridgehead atoms. The molecule has 2 aromatic rings. The molecule has 18 heavy (non-hydrogen) atoms. The van der Waals surface area contributed by atoms with Crippen molar-refractivity contribution in [3.05, 3.63) is 39.5 Å². The van der Waals surface area contributed by atoms with E-state index >= 15 is 0 Å². The van der Waals surface area contributed by atoms with Crippen LogP contribution in [-0.2, 0) is 12.8 Å². The summed E-state index contributed by atoms with van der Waals surface area (Å²) in [5.74, 6) is -1.10. The molecule has 0 aliphatic heterocycles. The first-order chi connectivity index (χ1) is 8.66. The topological polar surface area (TPSA) is 53.0 Å². The summed E-state index contributed by atoms with van der Waals surface area (Å²) in [5.41, 5.74) is 2.86. The van der Waals surface area contributed by atoms with Crippen LogP contribution in [0, 0.1) is 0 Å². The summed E-state index contributed by atoms with van der Waals surface area (Å²) >= 11 is 3.37. The summed E-state index contributed by atoms with van der Waals surface area (Å²) in [7, 11) is 0. The van der Waals surface area contributed by atoms with E-state index in [1.54, 1.807) is 0 Å². The van der Waals surface area contributed by atoms with Crippen LogP contribution in [0.25, 0.3) is 10.9 Å². The highest BCUT2D eigenvalue weighted by atomic mass is 79.9. The number of carboxylic acid groups (broad SMARTS) is 1. The van der Waals surface area contributed by atoms with E-state index in [2.05, 4.69) is 20.9 Å². The number of pyridine rings is 1. The van der Waals surface area contributed by atoms with Crippen LogP contribution < -0.4 is 5.11 Å². The minimum absolute atomic E-state index is 0.330. The van der Waals surface area contributed by atoms with Crippen LogP contribution in [0.4, 0.5) is 0 Å². The lowest BCUT2D eigenvalue weighted by molar-refractivity contribution is -0.254. The molecule has 0 fully saturated rings. The number of benzene rings is 1. The van der Waals surface area contributed by atoms with E-state index in [4.69, 9.17) is 0 Å². The molecule has 1 heterocycles. The van der Waals surface area contributed by atoms with Crippen molar-refractivity contribution in [3.8, 4) is 0 Å². The maximum absolute atomic E-state index is 11.4. The lowest BCUT2D eigenvalue weighted by Gasteiger charge is -2.21. The van der Waals surface area contributed by atoms with Crippen molar-refractivity contribution in [3.63, 3.8) is 0 Å². The number of aromatic carboxylic acids is 1. The zero-order valence-electron chi connectivity index (χ0n) is 9.70. The van der Waals surface area contributed by atoms with Crippen LogP contribution >= 0.6 is 15.9 Å². The maximum atomic E-state index is 11.4. The lowest BCUT2D eigenvalue weighted by atomic mass is 9.90. The van der Waals surface area contributed by atoms with Crippen molar-refractivity contribution in [2.75, 3.05) is 0 Å². The van der Waals surface area contributed by atoms with Gasteiger partial charge in [-0.25, -0.2) is 0 Å². The van der Waals surface area contributed by atoms with Crippen molar-refractivity contribution in [2.45, 2.75) is 25.7 Å². The Morgan fingerprint density at radius 2 is 2.06 bits per heavy atom. The molecule has 3 nitrogen and oxygen atoms in total. The van der Waals surface area contributed by atoms with Crippen molar-refractivity contribution in [1.29, 1.82) is 0 Å². The van der Waals surface area contributed by atoms with Gasteiger partial charge in [0.15, 0.2) is 0 Å². The lowest BCUT2D eigenvalue weighted by Crippen LogP contribution is -2.26. The number of halogens is 1. The Bertz CT molecular complexity index is 652. The van der Waals surface area contributed by atoms with Gasteiger partial charge in [-0.1, -0.05) is 15.9 Å². The predicted octanol–water partition coefficient (Wildman–Crippen LogP) is 2.24. The second-order valence-electron chi connectivity index (χ2n) is 4.57. The number of carbonyl (C=O) groups is 1. The molecule has 0 saturated heterocycles. The molecule has 0 radical (unpaired) electrons. The molecule has 0 N–H and O–H groups in total. The van der Waals surface area contributed by atoms with Gasteiger partial charge in [-0.15, -0.1) is 0 Å². The summed E-state index contributed by atoms with van der Waals surface area (Å²) in [6.45, 7) is 0. The zero-order valence-corrected chi connectivity index (χ0v) is 11.3. The number of hydrogen-bond donors (Lipinski definition) is 0. The monoisotopic (exact) mass is 304 g/mol. The second-order valence-corrected chi connectivity index (χ2v) is 5.48. The molecule has 4 heteroatoms. The predicted molar refractivity (Wildman–Crippen MR) is 70.4 cm³/mol. The van der Waals surface area contributed by atoms with E-state index < -0.39 is 5.97 Å². The van der Waals surface area contributed by atoms with Crippen molar-refractivity contribution in [2.24, 2.45) is 0 Å². The standard InChI is InChI=1S/C14H12BrNO2/c15-8-5-6-12-10(7-8)13(14(17)18)9-3-1-2-4-11(9)16-12/h5-7H,1-4H2,(H,17,18)/p-1. The molecular weight excluding hydrogens is 294 g/mol. The molecule has 1 aliphatic carbocycles. The third kappa shape index (κ3) is 1.81. The Kier molecular flexibility index (Phi) is 2.82. The normalized spacial score (nSPS) is 14.5. The first-order valence-corrected chi connectivity index (χ1v) is 6.78. The molecule has 1 aromatic heterocycles. The summed E-state index contributed by atoms with van der Waals surface area (Å²) in [6.07, 6.45) is 3.75. The fraction of sp³-hybridized carbons (Fsp3) is 0.286. The zero-order chi connectivity index (χ0) is 12.7. The van der Waals surface area contributed by atoms with Gasteiger partial charge in [0.2, 0.25) is 0 Å². The third-order valence-corrected chi connectivity index (χ3v) is 3.92. The number of nitrogens with zero attached hydrogens (tertiary/aromatic N) is 1. The Morgan fingerprint density at radius 3 is 2.83 bits per heavy atom. The molecule has 0 unspecified atom stereocenters.